The topological polar surface area (TPSA) is 59.6 Å². The summed E-state index contributed by atoms with van der Waals surface area (Å²) in [7, 11) is 1.55. The SMILES string of the molecule is COc1cc(Cl)c(C)cc1NC(=O)CCNc1ccc(OC(C)C)cc1. The second kappa shape index (κ2) is 9.34. The van der Waals surface area contributed by atoms with E-state index in [0.29, 0.717) is 29.4 Å². The van der Waals surface area contributed by atoms with Crippen molar-refractivity contribution in [1.29, 1.82) is 0 Å². The smallest absolute Gasteiger partial charge is 0.226 e. The van der Waals surface area contributed by atoms with Crippen molar-refractivity contribution in [3.8, 4) is 11.5 Å². The van der Waals surface area contributed by atoms with Crippen molar-refractivity contribution < 1.29 is 14.3 Å². The van der Waals surface area contributed by atoms with Crippen molar-refractivity contribution in [3.63, 3.8) is 0 Å². The zero-order chi connectivity index (χ0) is 19.1. The van der Waals surface area contributed by atoms with E-state index in [0.717, 1.165) is 17.0 Å². The highest BCUT2D eigenvalue weighted by Crippen LogP contribution is 2.31. The maximum absolute atomic E-state index is 12.2. The Morgan fingerprint density at radius 1 is 1.19 bits per heavy atom. The van der Waals surface area contributed by atoms with Gasteiger partial charge in [-0.25, -0.2) is 0 Å². The third kappa shape index (κ3) is 5.85. The molecule has 0 atom stereocenters. The van der Waals surface area contributed by atoms with E-state index >= 15 is 0 Å². The molecule has 26 heavy (non-hydrogen) atoms. The molecule has 0 aliphatic carbocycles. The molecular weight excluding hydrogens is 352 g/mol. The summed E-state index contributed by atoms with van der Waals surface area (Å²) in [5, 5.41) is 6.69. The Kier molecular flexibility index (Phi) is 7.16. The number of anilines is 2. The molecule has 0 spiro atoms. The molecule has 2 rings (SSSR count). The summed E-state index contributed by atoms with van der Waals surface area (Å²) in [5.41, 5.74) is 2.44. The van der Waals surface area contributed by atoms with Crippen molar-refractivity contribution in [2.75, 3.05) is 24.3 Å². The molecule has 0 heterocycles. The quantitative estimate of drug-likeness (QED) is 0.689. The number of hydrogen-bond acceptors (Lipinski definition) is 4. The minimum absolute atomic E-state index is 0.0997. The molecule has 140 valence electrons. The van der Waals surface area contributed by atoms with Gasteiger partial charge in [0.15, 0.2) is 0 Å². The lowest BCUT2D eigenvalue weighted by molar-refractivity contribution is -0.116. The first-order valence-electron chi connectivity index (χ1n) is 8.53. The van der Waals surface area contributed by atoms with Gasteiger partial charge in [-0.15, -0.1) is 0 Å². The molecule has 0 saturated carbocycles. The molecule has 0 saturated heterocycles. The molecule has 0 unspecified atom stereocenters. The number of carbonyl (C=O) groups is 1. The van der Waals surface area contributed by atoms with Gasteiger partial charge in [0.05, 0.1) is 18.9 Å². The zero-order valence-electron chi connectivity index (χ0n) is 15.6. The molecule has 0 bridgehead atoms. The highest BCUT2D eigenvalue weighted by Gasteiger charge is 2.10. The Hall–Kier alpha value is -2.40. The molecule has 0 aliphatic rings. The van der Waals surface area contributed by atoms with Gasteiger partial charge in [0.1, 0.15) is 11.5 Å². The largest absolute Gasteiger partial charge is 0.495 e. The van der Waals surface area contributed by atoms with E-state index in [9.17, 15) is 4.79 Å². The van der Waals surface area contributed by atoms with E-state index in [4.69, 9.17) is 21.1 Å². The first-order chi connectivity index (χ1) is 12.4. The number of ether oxygens (including phenoxy) is 2. The number of methoxy groups -OCH3 is 1. The molecule has 0 aliphatic heterocycles. The lowest BCUT2D eigenvalue weighted by Gasteiger charge is -2.13. The summed E-state index contributed by atoms with van der Waals surface area (Å²) >= 11 is 6.08. The second-order valence-corrected chi connectivity index (χ2v) is 6.62. The second-order valence-electron chi connectivity index (χ2n) is 6.22. The number of benzene rings is 2. The maximum Gasteiger partial charge on any atom is 0.226 e. The van der Waals surface area contributed by atoms with Crippen molar-refractivity contribution in [2.24, 2.45) is 0 Å². The van der Waals surface area contributed by atoms with Gasteiger partial charge in [-0.2, -0.15) is 0 Å². The van der Waals surface area contributed by atoms with Gasteiger partial charge in [0.2, 0.25) is 5.91 Å². The Balaban J connectivity index is 1.85. The minimum Gasteiger partial charge on any atom is -0.495 e. The monoisotopic (exact) mass is 376 g/mol. The molecule has 2 aromatic carbocycles. The van der Waals surface area contributed by atoms with E-state index in [2.05, 4.69) is 10.6 Å². The van der Waals surface area contributed by atoms with Crippen LogP contribution in [0.15, 0.2) is 36.4 Å². The summed E-state index contributed by atoms with van der Waals surface area (Å²) in [5.74, 6) is 1.27. The number of amides is 1. The van der Waals surface area contributed by atoms with Crippen LogP contribution in [0.25, 0.3) is 0 Å². The molecule has 5 nitrogen and oxygen atoms in total. The van der Waals surface area contributed by atoms with Crippen LogP contribution in [-0.4, -0.2) is 25.7 Å². The lowest BCUT2D eigenvalue weighted by Crippen LogP contribution is -2.16. The van der Waals surface area contributed by atoms with Crippen LogP contribution in [0.1, 0.15) is 25.8 Å². The third-order valence-corrected chi connectivity index (χ3v) is 4.07. The first kappa shape index (κ1) is 19.9. The Morgan fingerprint density at radius 2 is 1.88 bits per heavy atom. The van der Waals surface area contributed by atoms with Gasteiger partial charge in [-0.05, 0) is 56.7 Å². The number of carbonyl (C=O) groups excluding carboxylic acids is 1. The fourth-order valence-electron chi connectivity index (χ4n) is 2.39. The van der Waals surface area contributed by atoms with Crippen LogP contribution < -0.4 is 20.1 Å². The van der Waals surface area contributed by atoms with Crippen molar-refractivity contribution in [1.82, 2.24) is 0 Å². The van der Waals surface area contributed by atoms with E-state index in [1.807, 2.05) is 45.0 Å². The van der Waals surface area contributed by atoms with Crippen molar-refractivity contribution in [3.05, 3.63) is 47.0 Å². The average molecular weight is 377 g/mol. The van der Waals surface area contributed by atoms with Crippen LogP contribution >= 0.6 is 11.6 Å². The standard InChI is InChI=1S/C20H25ClN2O3/c1-13(2)26-16-7-5-15(6-8-16)22-10-9-20(24)23-18-11-14(3)17(21)12-19(18)25-4/h5-8,11-13,22H,9-10H2,1-4H3,(H,23,24). The molecular formula is C20H25ClN2O3. The van der Waals surface area contributed by atoms with E-state index in [1.165, 1.54) is 0 Å². The predicted molar refractivity (Wildman–Crippen MR) is 107 cm³/mol. The first-order valence-corrected chi connectivity index (χ1v) is 8.91. The van der Waals surface area contributed by atoms with Gasteiger partial charge in [-0.3, -0.25) is 4.79 Å². The molecule has 6 heteroatoms. The van der Waals surface area contributed by atoms with Crippen LogP contribution in [0.5, 0.6) is 11.5 Å². The van der Waals surface area contributed by atoms with E-state index in [1.54, 1.807) is 19.2 Å². The van der Waals surface area contributed by atoms with Crippen LogP contribution in [0, 0.1) is 6.92 Å². The summed E-state index contributed by atoms with van der Waals surface area (Å²) < 4.78 is 10.9. The highest BCUT2D eigenvalue weighted by atomic mass is 35.5. The molecule has 1 amide bonds. The normalized spacial score (nSPS) is 10.5. The Bertz CT molecular complexity index is 745. The third-order valence-electron chi connectivity index (χ3n) is 3.66. The maximum atomic E-state index is 12.2. The molecule has 2 aromatic rings. The number of nitrogens with one attached hydrogen (secondary N) is 2. The summed E-state index contributed by atoms with van der Waals surface area (Å²) in [6, 6.07) is 11.2. The fourth-order valence-corrected chi connectivity index (χ4v) is 2.54. The predicted octanol–water partition coefficient (Wildman–Crippen LogP) is 4.88. The van der Waals surface area contributed by atoms with Gasteiger partial charge in [-0.1, -0.05) is 11.6 Å². The van der Waals surface area contributed by atoms with E-state index < -0.39 is 0 Å². The van der Waals surface area contributed by atoms with Crippen LogP contribution in [0.4, 0.5) is 11.4 Å². The number of rotatable bonds is 8. The summed E-state index contributed by atoms with van der Waals surface area (Å²) in [4.78, 5) is 12.2. The highest BCUT2D eigenvalue weighted by molar-refractivity contribution is 6.31. The lowest BCUT2D eigenvalue weighted by atomic mass is 10.2. The van der Waals surface area contributed by atoms with Crippen LogP contribution in [-0.2, 0) is 4.79 Å². The number of aryl methyl sites for hydroxylation is 1. The van der Waals surface area contributed by atoms with E-state index in [-0.39, 0.29) is 12.0 Å². The van der Waals surface area contributed by atoms with Crippen LogP contribution in [0.3, 0.4) is 0 Å². The average Bonchev–Trinajstić information content (AvgIpc) is 2.59. The molecule has 0 radical (unpaired) electrons. The van der Waals surface area contributed by atoms with Gasteiger partial charge < -0.3 is 20.1 Å². The van der Waals surface area contributed by atoms with Gasteiger partial charge in [0, 0.05) is 29.7 Å². The number of halogens is 1. The fraction of sp³-hybridized carbons (Fsp3) is 0.350. The summed E-state index contributed by atoms with van der Waals surface area (Å²) in [6.45, 7) is 6.38. The number of hydrogen-bond donors (Lipinski definition) is 2. The Morgan fingerprint density at radius 3 is 2.50 bits per heavy atom. The molecule has 0 aromatic heterocycles. The van der Waals surface area contributed by atoms with Gasteiger partial charge in [0.25, 0.3) is 0 Å². The van der Waals surface area contributed by atoms with Crippen molar-refractivity contribution >= 4 is 28.9 Å². The minimum atomic E-state index is -0.0997. The Labute approximate surface area is 159 Å². The molecule has 0 fully saturated rings. The van der Waals surface area contributed by atoms with Crippen molar-refractivity contribution in [2.45, 2.75) is 33.3 Å². The molecule has 2 N–H and O–H groups in total. The summed E-state index contributed by atoms with van der Waals surface area (Å²) in [6.07, 6.45) is 0.473. The van der Waals surface area contributed by atoms with Crippen LogP contribution in [0.2, 0.25) is 5.02 Å². The van der Waals surface area contributed by atoms with Gasteiger partial charge >= 0.3 is 0 Å². The zero-order valence-corrected chi connectivity index (χ0v) is 16.3.